The van der Waals surface area contributed by atoms with Crippen LogP contribution in [0.5, 0.6) is 0 Å². The van der Waals surface area contributed by atoms with Crippen molar-refractivity contribution >= 4 is 5.78 Å². The Kier molecular flexibility index (Phi) is 4.16. The molecule has 0 aliphatic heterocycles. The zero-order chi connectivity index (χ0) is 9.68. The molecule has 1 rings (SSSR count). The molecule has 2 nitrogen and oxygen atoms in total. The minimum absolute atomic E-state index is 0.429. The maximum Gasteiger partial charge on any atom is 0.133 e. The molecule has 1 fully saturated rings. The van der Waals surface area contributed by atoms with E-state index in [2.05, 4.69) is 11.9 Å². The number of hydrogen-bond donors (Lipinski definition) is 1. The molecule has 0 radical (unpaired) electrons. The number of carbonyl (C=O) groups is 1. The lowest BCUT2D eigenvalue weighted by molar-refractivity contribution is -0.120. The molecule has 74 valence electrons. The van der Waals surface area contributed by atoms with Gasteiger partial charge in [0.05, 0.1) is 0 Å². The van der Waals surface area contributed by atoms with Crippen molar-refractivity contribution in [2.75, 3.05) is 6.54 Å². The smallest absolute Gasteiger partial charge is 0.133 e. The van der Waals surface area contributed by atoms with E-state index in [0.717, 1.165) is 38.6 Å². The number of hydrogen-bond acceptors (Lipinski definition) is 2. The van der Waals surface area contributed by atoms with Crippen LogP contribution in [0, 0.1) is 0 Å². The maximum atomic E-state index is 10.9. The number of ketones is 1. The van der Waals surface area contributed by atoms with Crippen LogP contribution in [-0.4, -0.2) is 18.4 Å². The van der Waals surface area contributed by atoms with Crippen molar-refractivity contribution in [3.63, 3.8) is 0 Å². The third-order valence-corrected chi connectivity index (χ3v) is 2.53. The summed E-state index contributed by atoms with van der Waals surface area (Å²) in [7, 11) is 0. The first-order chi connectivity index (χ1) is 6.18. The van der Waals surface area contributed by atoms with Crippen LogP contribution in [0.1, 0.15) is 39.0 Å². The van der Waals surface area contributed by atoms with E-state index in [1.165, 1.54) is 5.57 Å². The van der Waals surface area contributed by atoms with E-state index in [4.69, 9.17) is 0 Å². The molecule has 0 aromatic carbocycles. The Balaban J connectivity index is 2.09. The van der Waals surface area contributed by atoms with E-state index in [9.17, 15) is 4.79 Å². The second-order valence-electron chi connectivity index (χ2n) is 3.97. The van der Waals surface area contributed by atoms with E-state index >= 15 is 0 Å². The van der Waals surface area contributed by atoms with E-state index in [1.54, 1.807) is 0 Å². The van der Waals surface area contributed by atoms with Crippen molar-refractivity contribution in [1.82, 2.24) is 5.32 Å². The van der Waals surface area contributed by atoms with Crippen LogP contribution in [-0.2, 0) is 4.79 Å². The molecule has 2 heteroatoms. The van der Waals surface area contributed by atoms with Crippen LogP contribution in [0.3, 0.4) is 0 Å². The number of rotatable bonds is 4. The SMILES string of the molecule is C=C(C)CCNC1CCC(=O)CC1. The van der Waals surface area contributed by atoms with Crippen LogP contribution < -0.4 is 5.32 Å². The Morgan fingerprint density at radius 1 is 1.54 bits per heavy atom. The van der Waals surface area contributed by atoms with Gasteiger partial charge in [-0.15, -0.1) is 6.58 Å². The van der Waals surface area contributed by atoms with Crippen molar-refractivity contribution in [3.05, 3.63) is 12.2 Å². The molecule has 0 saturated heterocycles. The highest BCUT2D eigenvalue weighted by atomic mass is 16.1. The Morgan fingerprint density at radius 2 is 2.15 bits per heavy atom. The van der Waals surface area contributed by atoms with E-state index in [-0.39, 0.29) is 0 Å². The van der Waals surface area contributed by atoms with Gasteiger partial charge in [-0.2, -0.15) is 0 Å². The van der Waals surface area contributed by atoms with Crippen molar-refractivity contribution < 1.29 is 4.79 Å². The van der Waals surface area contributed by atoms with Gasteiger partial charge in [-0.1, -0.05) is 5.57 Å². The van der Waals surface area contributed by atoms with Crippen molar-refractivity contribution in [1.29, 1.82) is 0 Å². The van der Waals surface area contributed by atoms with Crippen LogP contribution in [0.15, 0.2) is 12.2 Å². The Labute approximate surface area is 80.4 Å². The summed E-state index contributed by atoms with van der Waals surface area (Å²) in [5.41, 5.74) is 1.22. The van der Waals surface area contributed by atoms with Gasteiger partial charge in [0.25, 0.3) is 0 Å². The van der Waals surface area contributed by atoms with Gasteiger partial charge in [-0.05, 0) is 32.7 Å². The maximum absolute atomic E-state index is 10.9. The van der Waals surface area contributed by atoms with E-state index in [1.807, 2.05) is 6.92 Å². The molecule has 1 aliphatic carbocycles. The van der Waals surface area contributed by atoms with Crippen molar-refractivity contribution in [2.24, 2.45) is 0 Å². The molecule has 1 saturated carbocycles. The fourth-order valence-electron chi connectivity index (χ4n) is 1.63. The fraction of sp³-hybridized carbons (Fsp3) is 0.727. The molecule has 0 bridgehead atoms. The summed E-state index contributed by atoms with van der Waals surface area (Å²) in [5, 5.41) is 3.46. The standard InChI is InChI=1S/C11H19NO/c1-9(2)7-8-12-10-3-5-11(13)6-4-10/h10,12H,1,3-8H2,2H3. The zero-order valence-corrected chi connectivity index (χ0v) is 8.44. The summed E-state index contributed by atoms with van der Waals surface area (Å²) in [5.74, 6) is 0.429. The molecule has 0 heterocycles. The average molecular weight is 181 g/mol. The average Bonchev–Trinajstić information content (AvgIpc) is 2.08. The summed E-state index contributed by atoms with van der Waals surface area (Å²) in [4.78, 5) is 10.9. The van der Waals surface area contributed by atoms with Crippen molar-refractivity contribution in [3.8, 4) is 0 Å². The van der Waals surface area contributed by atoms with Crippen LogP contribution in [0.25, 0.3) is 0 Å². The van der Waals surface area contributed by atoms with Crippen LogP contribution in [0.2, 0.25) is 0 Å². The molecule has 0 atom stereocenters. The quantitative estimate of drug-likeness (QED) is 0.672. The van der Waals surface area contributed by atoms with Gasteiger partial charge in [0.2, 0.25) is 0 Å². The summed E-state index contributed by atoms with van der Waals surface area (Å²) in [6.07, 6.45) is 4.63. The summed E-state index contributed by atoms with van der Waals surface area (Å²) < 4.78 is 0. The molecule has 0 aromatic heterocycles. The van der Waals surface area contributed by atoms with Gasteiger partial charge in [-0.3, -0.25) is 4.79 Å². The van der Waals surface area contributed by atoms with Crippen LogP contribution in [0.4, 0.5) is 0 Å². The normalized spacial score (nSPS) is 19.0. The molecular weight excluding hydrogens is 162 g/mol. The third-order valence-electron chi connectivity index (χ3n) is 2.53. The lowest BCUT2D eigenvalue weighted by Gasteiger charge is -2.22. The van der Waals surface area contributed by atoms with Crippen LogP contribution >= 0.6 is 0 Å². The fourth-order valence-corrected chi connectivity index (χ4v) is 1.63. The lowest BCUT2D eigenvalue weighted by atomic mass is 9.94. The summed E-state index contributed by atoms with van der Waals surface area (Å²) in [6, 6.07) is 0.567. The second-order valence-corrected chi connectivity index (χ2v) is 3.97. The molecule has 1 N–H and O–H groups in total. The monoisotopic (exact) mass is 181 g/mol. The second kappa shape index (κ2) is 5.18. The molecular formula is C11H19NO. The Morgan fingerprint density at radius 3 is 2.69 bits per heavy atom. The third kappa shape index (κ3) is 4.23. The van der Waals surface area contributed by atoms with Gasteiger partial charge in [0, 0.05) is 18.9 Å². The first-order valence-electron chi connectivity index (χ1n) is 5.08. The summed E-state index contributed by atoms with van der Waals surface area (Å²) in [6.45, 7) is 6.91. The van der Waals surface area contributed by atoms with E-state index in [0.29, 0.717) is 11.8 Å². The highest BCUT2D eigenvalue weighted by Crippen LogP contribution is 2.14. The zero-order valence-electron chi connectivity index (χ0n) is 8.44. The molecule has 0 amide bonds. The van der Waals surface area contributed by atoms with Gasteiger partial charge >= 0.3 is 0 Å². The number of nitrogens with one attached hydrogen (secondary N) is 1. The Hall–Kier alpha value is -0.630. The van der Waals surface area contributed by atoms with Crippen molar-refractivity contribution in [2.45, 2.75) is 45.1 Å². The topological polar surface area (TPSA) is 29.1 Å². The molecule has 0 aromatic rings. The molecule has 0 spiro atoms. The van der Waals surface area contributed by atoms with Gasteiger partial charge in [0.15, 0.2) is 0 Å². The number of Topliss-reactive ketones (excluding diaryl/α,β-unsaturated/α-hetero) is 1. The van der Waals surface area contributed by atoms with Gasteiger partial charge in [0.1, 0.15) is 5.78 Å². The first-order valence-corrected chi connectivity index (χ1v) is 5.08. The number of carbonyl (C=O) groups excluding carboxylic acids is 1. The lowest BCUT2D eigenvalue weighted by Crippen LogP contribution is -2.33. The predicted molar refractivity (Wildman–Crippen MR) is 54.7 cm³/mol. The highest BCUT2D eigenvalue weighted by Gasteiger charge is 2.17. The van der Waals surface area contributed by atoms with E-state index < -0.39 is 0 Å². The molecule has 13 heavy (non-hydrogen) atoms. The minimum Gasteiger partial charge on any atom is -0.314 e. The molecule has 0 unspecified atom stereocenters. The highest BCUT2D eigenvalue weighted by molar-refractivity contribution is 5.79. The largest absolute Gasteiger partial charge is 0.314 e. The Bertz CT molecular complexity index is 188. The molecule has 1 aliphatic rings. The predicted octanol–water partition coefficient (Wildman–Crippen LogP) is 2.05. The summed E-state index contributed by atoms with van der Waals surface area (Å²) >= 11 is 0. The van der Waals surface area contributed by atoms with Gasteiger partial charge < -0.3 is 5.32 Å². The minimum atomic E-state index is 0.429. The first kappa shape index (κ1) is 10.5. The van der Waals surface area contributed by atoms with Gasteiger partial charge in [-0.25, -0.2) is 0 Å².